The van der Waals surface area contributed by atoms with Crippen LogP contribution in [0.3, 0.4) is 0 Å². The molecule has 0 heterocycles. The molecule has 0 aromatic heterocycles. The second-order valence-electron chi connectivity index (χ2n) is 7.25. The van der Waals surface area contributed by atoms with Gasteiger partial charge in [0.25, 0.3) is 5.69 Å². The molecule has 0 spiro atoms. The molecule has 0 fully saturated rings. The lowest BCUT2D eigenvalue weighted by atomic mass is 10.1. The largest absolute Gasteiger partial charge is 0.497 e. The van der Waals surface area contributed by atoms with E-state index in [0.29, 0.717) is 17.9 Å². The van der Waals surface area contributed by atoms with Crippen LogP contribution in [0.4, 0.5) is 5.69 Å². The van der Waals surface area contributed by atoms with Crippen molar-refractivity contribution in [3.8, 4) is 5.75 Å². The van der Waals surface area contributed by atoms with Crippen LogP contribution in [0.25, 0.3) is 0 Å². The summed E-state index contributed by atoms with van der Waals surface area (Å²) in [6, 6.07) is 12.6. The molecule has 8 heteroatoms. The van der Waals surface area contributed by atoms with Gasteiger partial charge >= 0.3 is 0 Å². The number of ether oxygens (including phenoxy) is 1. The van der Waals surface area contributed by atoms with Gasteiger partial charge in [0.05, 0.1) is 18.5 Å². The Labute approximate surface area is 182 Å². The lowest BCUT2D eigenvalue weighted by molar-refractivity contribution is -0.385. The van der Waals surface area contributed by atoms with E-state index in [2.05, 4.69) is 5.32 Å². The fourth-order valence-electron chi connectivity index (χ4n) is 3.15. The minimum atomic E-state index is -0.728. The van der Waals surface area contributed by atoms with Crippen molar-refractivity contribution < 1.29 is 19.2 Å². The number of hydrogen-bond acceptors (Lipinski definition) is 5. The molecule has 2 aromatic rings. The van der Waals surface area contributed by atoms with Crippen LogP contribution in [0.1, 0.15) is 37.8 Å². The standard InChI is InChI=1S/C23H29N3O5/c1-4-5-14-24-23(28)17(2)25(16-18-10-12-20(31-3)13-11-18)22(27)15-19-8-6-7-9-21(19)26(29)30/h6-13,17H,4-5,14-16H2,1-3H3,(H,24,28)/t17-/m1/s1. The number of carbonyl (C=O) groups is 2. The third kappa shape index (κ3) is 6.80. The molecule has 31 heavy (non-hydrogen) atoms. The van der Waals surface area contributed by atoms with Crippen LogP contribution in [0.15, 0.2) is 48.5 Å². The maximum Gasteiger partial charge on any atom is 0.273 e. The van der Waals surface area contributed by atoms with Gasteiger partial charge in [-0.25, -0.2) is 0 Å². The van der Waals surface area contributed by atoms with E-state index in [1.165, 1.54) is 11.0 Å². The maximum absolute atomic E-state index is 13.2. The molecular weight excluding hydrogens is 398 g/mol. The van der Waals surface area contributed by atoms with Crippen molar-refractivity contribution in [2.45, 2.75) is 45.7 Å². The van der Waals surface area contributed by atoms with Crippen molar-refractivity contribution in [2.24, 2.45) is 0 Å². The second kappa shape index (κ2) is 11.7. The Morgan fingerprint density at radius 1 is 1.16 bits per heavy atom. The van der Waals surface area contributed by atoms with Crippen LogP contribution in [0.2, 0.25) is 0 Å². The molecular formula is C23H29N3O5. The summed E-state index contributed by atoms with van der Waals surface area (Å²) in [5.41, 5.74) is 1.03. The van der Waals surface area contributed by atoms with Crippen LogP contribution < -0.4 is 10.1 Å². The Balaban J connectivity index is 2.25. The average Bonchev–Trinajstić information content (AvgIpc) is 2.77. The molecule has 2 amide bonds. The van der Waals surface area contributed by atoms with Gasteiger partial charge in [-0.05, 0) is 31.0 Å². The number of unbranched alkanes of at least 4 members (excludes halogenated alkanes) is 1. The normalized spacial score (nSPS) is 11.5. The Morgan fingerprint density at radius 2 is 1.84 bits per heavy atom. The van der Waals surface area contributed by atoms with E-state index in [1.54, 1.807) is 44.4 Å². The smallest absolute Gasteiger partial charge is 0.273 e. The molecule has 8 nitrogen and oxygen atoms in total. The topological polar surface area (TPSA) is 102 Å². The Bertz CT molecular complexity index is 898. The summed E-state index contributed by atoms with van der Waals surface area (Å²) in [6.45, 7) is 4.43. The second-order valence-corrected chi connectivity index (χ2v) is 7.25. The zero-order chi connectivity index (χ0) is 22.8. The van der Waals surface area contributed by atoms with Crippen molar-refractivity contribution in [1.29, 1.82) is 0 Å². The van der Waals surface area contributed by atoms with Gasteiger partial charge in [0.1, 0.15) is 11.8 Å². The highest BCUT2D eigenvalue weighted by Crippen LogP contribution is 2.21. The first-order valence-corrected chi connectivity index (χ1v) is 10.3. The summed E-state index contributed by atoms with van der Waals surface area (Å²) in [7, 11) is 1.57. The van der Waals surface area contributed by atoms with E-state index in [9.17, 15) is 19.7 Å². The Hall–Kier alpha value is -3.42. The number of benzene rings is 2. The quantitative estimate of drug-likeness (QED) is 0.336. The third-order valence-electron chi connectivity index (χ3n) is 5.04. The van der Waals surface area contributed by atoms with E-state index >= 15 is 0 Å². The van der Waals surface area contributed by atoms with Gasteiger partial charge < -0.3 is 15.0 Å². The number of nitro groups is 1. The zero-order valence-corrected chi connectivity index (χ0v) is 18.2. The number of methoxy groups -OCH3 is 1. The lowest BCUT2D eigenvalue weighted by Gasteiger charge is -2.29. The highest BCUT2D eigenvalue weighted by Gasteiger charge is 2.27. The number of nitro benzene ring substituents is 1. The molecule has 0 radical (unpaired) electrons. The molecule has 0 saturated heterocycles. The zero-order valence-electron chi connectivity index (χ0n) is 18.2. The van der Waals surface area contributed by atoms with E-state index < -0.39 is 11.0 Å². The fraction of sp³-hybridized carbons (Fsp3) is 0.391. The van der Waals surface area contributed by atoms with Crippen molar-refractivity contribution in [1.82, 2.24) is 10.2 Å². The van der Waals surface area contributed by atoms with E-state index in [1.807, 2.05) is 19.1 Å². The number of amides is 2. The molecule has 1 atom stereocenters. The first kappa shape index (κ1) is 23.9. The van der Waals surface area contributed by atoms with Gasteiger partial charge in [-0.1, -0.05) is 43.7 Å². The van der Waals surface area contributed by atoms with Crippen molar-refractivity contribution in [2.75, 3.05) is 13.7 Å². The monoisotopic (exact) mass is 427 g/mol. The molecule has 2 aromatic carbocycles. The first-order valence-electron chi connectivity index (χ1n) is 10.3. The van der Waals surface area contributed by atoms with Gasteiger partial charge in [0.15, 0.2) is 0 Å². The molecule has 0 unspecified atom stereocenters. The summed E-state index contributed by atoms with van der Waals surface area (Å²) in [5, 5.41) is 14.2. The van der Waals surface area contributed by atoms with E-state index in [0.717, 1.165) is 18.4 Å². The third-order valence-corrected chi connectivity index (χ3v) is 5.04. The Morgan fingerprint density at radius 3 is 2.45 bits per heavy atom. The molecule has 2 rings (SSSR count). The molecule has 0 bridgehead atoms. The minimum absolute atomic E-state index is 0.111. The average molecular weight is 428 g/mol. The summed E-state index contributed by atoms with van der Waals surface area (Å²) < 4.78 is 5.17. The van der Waals surface area contributed by atoms with Gasteiger partial charge in [-0.3, -0.25) is 19.7 Å². The number of nitrogens with one attached hydrogen (secondary N) is 1. The summed E-state index contributed by atoms with van der Waals surface area (Å²) >= 11 is 0. The van der Waals surface area contributed by atoms with Crippen LogP contribution in [-0.2, 0) is 22.6 Å². The fourth-order valence-corrected chi connectivity index (χ4v) is 3.15. The van der Waals surface area contributed by atoms with Crippen molar-refractivity contribution in [3.63, 3.8) is 0 Å². The van der Waals surface area contributed by atoms with Gasteiger partial charge in [0.2, 0.25) is 11.8 Å². The number of rotatable bonds is 11. The number of para-hydroxylation sites is 1. The SMILES string of the molecule is CCCCNC(=O)[C@@H](C)N(Cc1ccc(OC)cc1)C(=O)Cc1ccccc1[N+](=O)[O-]. The summed E-state index contributed by atoms with van der Waals surface area (Å²) in [5.74, 6) is 0.0769. The maximum atomic E-state index is 13.2. The van der Waals surface area contributed by atoms with Crippen LogP contribution >= 0.6 is 0 Å². The van der Waals surface area contributed by atoms with E-state index in [4.69, 9.17) is 4.74 Å². The number of nitrogens with zero attached hydrogens (tertiary/aromatic N) is 2. The summed E-state index contributed by atoms with van der Waals surface area (Å²) in [6.07, 6.45) is 1.63. The highest BCUT2D eigenvalue weighted by molar-refractivity contribution is 5.88. The van der Waals surface area contributed by atoms with Gasteiger partial charge in [-0.15, -0.1) is 0 Å². The van der Waals surface area contributed by atoms with Gasteiger partial charge in [0, 0.05) is 24.7 Å². The molecule has 1 N–H and O–H groups in total. The lowest BCUT2D eigenvalue weighted by Crippen LogP contribution is -2.48. The number of carbonyl (C=O) groups excluding carboxylic acids is 2. The van der Waals surface area contributed by atoms with Crippen LogP contribution in [0.5, 0.6) is 5.75 Å². The molecule has 166 valence electrons. The van der Waals surface area contributed by atoms with Crippen LogP contribution in [0, 0.1) is 10.1 Å². The van der Waals surface area contributed by atoms with Crippen molar-refractivity contribution >= 4 is 17.5 Å². The number of hydrogen-bond donors (Lipinski definition) is 1. The Kier molecular flexibility index (Phi) is 8.99. The van der Waals surface area contributed by atoms with Crippen molar-refractivity contribution in [3.05, 3.63) is 69.8 Å². The summed E-state index contributed by atoms with van der Waals surface area (Å²) in [4.78, 5) is 38.1. The molecule has 0 aliphatic rings. The predicted molar refractivity (Wildman–Crippen MR) is 118 cm³/mol. The highest BCUT2D eigenvalue weighted by atomic mass is 16.6. The van der Waals surface area contributed by atoms with E-state index in [-0.39, 0.29) is 30.5 Å². The molecule has 0 saturated carbocycles. The molecule has 0 aliphatic heterocycles. The van der Waals surface area contributed by atoms with Gasteiger partial charge in [-0.2, -0.15) is 0 Å². The molecule has 0 aliphatic carbocycles. The van der Waals surface area contributed by atoms with Crippen LogP contribution in [-0.4, -0.2) is 41.3 Å². The first-order chi connectivity index (χ1) is 14.9. The minimum Gasteiger partial charge on any atom is -0.497 e. The predicted octanol–water partition coefficient (Wildman–Crippen LogP) is 3.48.